The fraction of sp³-hybridized carbons (Fsp3) is 0.273. The van der Waals surface area contributed by atoms with E-state index >= 15 is 0 Å². The first-order valence-electron chi connectivity index (χ1n) is 9.50. The predicted octanol–water partition coefficient (Wildman–Crippen LogP) is 3.10. The van der Waals surface area contributed by atoms with Gasteiger partial charge in [-0.3, -0.25) is 24.5 Å². The molecule has 1 aromatic rings. The molecule has 0 saturated carbocycles. The van der Waals surface area contributed by atoms with Crippen LogP contribution in [0.1, 0.15) is 24.3 Å². The van der Waals surface area contributed by atoms with Crippen molar-refractivity contribution in [1.82, 2.24) is 5.32 Å². The molecule has 0 bridgehead atoms. The van der Waals surface area contributed by atoms with Crippen molar-refractivity contribution in [3.8, 4) is 5.75 Å². The summed E-state index contributed by atoms with van der Waals surface area (Å²) in [6, 6.07) is 4.50. The van der Waals surface area contributed by atoms with Gasteiger partial charge >= 0.3 is 0 Å². The number of amides is 2. The zero-order valence-corrected chi connectivity index (χ0v) is 17.8. The summed E-state index contributed by atoms with van der Waals surface area (Å²) in [7, 11) is 0. The summed E-state index contributed by atoms with van der Waals surface area (Å²) in [6.07, 6.45) is 3.76. The van der Waals surface area contributed by atoms with Crippen LogP contribution in [0.2, 0.25) is 5.02 Å². The van der Waals surface area contributed by atoms with Gasteiger partial charge in [0.1, 0.15) is 5.75 Å². The van der Waals surface area contributed by atoms with Gasteiger partial charge in [0.2, 0.25) is 11.8 Å². The molecule has 1 heterocycles. The minimum atomic E-state index is -0.621. The Morgan fingerprint density at radius 1 is 1.10 bits per heavy atom. The molecule has 30 heavy (non-hydrogen) atoms. The monoisotopic (exact) mass is 487 g/mol. The number of phenols is 1. The maximum Gasteiger partial charge on any atom is 0.231 e. The Bertz CT molecular complexity index is 1160. The molecule has 1 aromatic carbocycles. The van der Waals surface area contributed by atoms with Crippen LogP contribution in [-0.4, -0.2) is 28.5 Å². The van der Waals surface area contributed by atoms with Crippen LogP contribution in [-0.2, 0) is 19.2 Å². The van der Waals surface area contributed by atoms with Gasteiger partial charge in [-0.15, -0.1) is 0 Å². The summed E-state index contributed by atoms with van der Waals surface area (Å²) in [5.41, 5.74) is 2.09. The number of hydrogen-bond acceptors (Lipinski definition) is 5. The number of ketones is 2. The van der Waals surface area contributed by atoms with Crippen LogP contribution >= 0.6 is 27.5 Å². The van der Waals surface area contributed by atoms with E-state index in [1.807, 2.05) is 6.08 Å². The molecule has 8 heteroatoms. The number of fused-ring (bicyclic) bond motifs is 3. The number of rotatable bonds is 1. The number of Topliss-reactive ketones (excluding diaryl/α,β-unsaturated/α-hetero) is 1. The van der Waals surface area contributed by atoms with E-state index in [2.05, 4.69) is 21.2 Å². The molecule has 2 N–H and O–H groups in total. The number of carbonyl (C=O) groups is 4. The van der Waals surface area contributed by atoms with Crippen molar-refractivity contribution in [2.24, 2.45) is 17.8 Å². The average Bonchev–Trinajstić information content (AvgIpc) is 2.99. The van der Waals surface area contributed by atoms with E-state index in [1.165, 1.54) is 18.2 Å². The lowest BCUT2D eigenvalue weighted by molar-refractivity contribution is -0.126. The molecule has 1 aliphatic heterocycles. The SMILES string of the molecule is O=C1C=C(Br)C(=O)C2=C1C(c1ccc(O)cc1Cl)C1=CCC3C(=O)NC(=O)C3C1C2. The van der Waals surface area contributed by atoms with Crippen LogP contribution in [0.5, 0.6) is 5.75 Å². The van der Waals surface area contributed by atoms with Crippen molar-refractivity contribution in [3.05, 3.63) is 62.1 Å². The summed E-state index contributed by atoms with van der Waals surface area (Å²) in [4.78, 5) is 50.8. The maximum absolute atomic E-state index is 13.0. The Morgan fingerprint density at radius 2 is 1.87 bits per heavy atom. The standard InChI is InChI=1S/C22H15BrClNO5/c23-14-7-16(27)19-13(20(14)28)6-12-9(3-4-11-18(12)22(30)25-21(11)29)17(19)10-2-1-8(26)5-15(10)24/h1-3,5,7,11-12,17-18,26H,4,6H2,(H,25,29,30). The summed E-state index contributed by atoms with van der Waals surface area (Å²) in [6.45, 7) is 0. The third-order valence-corrected chi connectivity index (χ3v) is 7.39. The minimum absolute atomic E-state index is 0.0162. The smallest absolute Gasteiger partial charge is 0.231 e. The number of aromatic hydroxyl groups is 1. The number of imide groups is 1. The van der Waals surface area contributed by atoms with Gasteiger partial charge < -0.3 is 5.11 Å². The Kier molecular flexibility index (Phi) is 4.38. The summed E-state index contributed by atoms with van der Waals surface area (Å²) in [5, 5.41) is 12.4. The lowest BCUT2D eigenvalue weighted by atomic mass is 9.59. The number of carbonyl (C=O) groups excluding carboxylic acids is 4. The Hall–Kier alpha value is -2.51. The highest BCUT2D eigenvalue weighted by molar-refractivity contribution is 9.12. The van der Waals surface area contributed by atoms with E-state index in [0.29, 0.717) is 23.1 Å². The number of phenolic OH excluding ortho intramolecular Hbond substituents is 1. The normalized spacial score (nSPS) is 30.3. The highest BCUT2D eigenvalue weighted by atomic mass is 79.9. The van der Waals surface area contributed by atoms with Crippen LogP contribution in [0.25, 0.3) is 0 Å². The van der Waals surface area contributed by atoms with E-state index in [1.54, 1.807) is 6.07 Å². The zero-order chi connectivity index (χ0) is 21.3. The van der Waals surface area contributed by atoms with Gasteiger partial charge in [-0.05, 0) is 52.4 Å². The quantitative estimate of drug-likeness (QED) is 0.359. The highest BCUT2D eigenvalue weighted by Crippen LogP contribution is 2.55. The Labute approximate surface area is 184 Å². The van der Waals surface area contributed by atoms with Crippen LogP contribution in [0.4, 0.5) is 0 Å². The summed E-state index contributed by atoms with van der Waals surface area (Å²) in [5.74, 6) is -3.32. The van der Waals surface area contributed by atoms with E-state index in [4.69, 9.17) is 11.6 Å². The molecule has 6 nitrogen and oxygen atoms in total. The largest absolute Gasteiger partial charge is 0.508 e. The van der Waals surface area contributed by atoms with Gasteiger partial charge in [-0.1, -0.05) is 29.3 Å². The van der Waals surface area contributed by atoms with E-state index in [-0.39, 0.29) is 51.0 Å². The molecule has 4 unspecified atom stereocenters. The fourth-order valence-electron chi connectivity index (χ4n) is 5.22. The molecule has 152 valence electrons. The number of allylic oxidation sites excluding steroid dienone is 6. The number of halogens is 2. The highest BCUT2D eigenvalue weighted by Gasteiger charge is 2.53. The molecule has 1 saturated heterocycles. The van der Waals surface area contributed by atoms with Crippen molar-refractivity contribution >= 4 is 50.9 Å². The second kappa shape index (κ2) is 6.75. The molecule has 4 atom stereocenters. The molecule has 2 amide bonds. The average molecular weight is 489 g/mol. The molecule has 0 radical (unpaired) electrons. The molecule has 1 fully saturated rings. The second-order valence-electron chi connectivity index (χ2n) is 7.95. The third kappa shape index (κ3) is 2.68. The van der Waals surface area contributed by atoms with Crippen LogP contribution in [0, 0.1) is 17.8 Å². The summed E-state index contributed by atoms with van der Waals surface area (Å²) >= 11 is 9.61. The van der Waals surface area contributed by atoms with E-state index in [9.17, 15) is 24.3 Å². The second-order valence-corrected chi connectivity index (χ2v) is 9.21. The van der Waals surface area contributed by atoms with Crippen molar-refractivity contribution in [1.29, 1.82) is 0 Å². The van der Waals surface area contributed by atoms with Crippen LogP contribution < -0.4 is 5.32 Å². The van der Waals surface area contributed by atoms with Gasteiger partial charge in [0, 0.05) is 28.2 Å². The molecular formula is C22H15BrClNO5. The molecule has 0 aromatic heterocycles. The Morgan fingerprint density at radius 3 is 2.60 bits per heavy atom. The molecular weight excluding hydrogens is 474 g/mol. The van der Waals surface area contributed by atoms with Crippen molar-refractivity contribution in [2.75, 3.05) is 0 Å². The van der Waals surface area contributed by atoms with Crippen LogP contribution in [0.15, 0.2) is 51.6 Å². The topological polar surface area (TPSA) is 101 Å². The molecule has 4 aliphatic rings. The van der Waals surface area contributed by atoms with Gasteiger partial charge in [0.25, 0.3) is 0 Å². The third-order valence-electron chi connectivity index (χ3n) is 6.47. The van der Waals surface area contributed by atoms with E-state index < -0.39 is 17.8 Å². The van der Waals surface area contributed by atoms with Gasteiger partial charge in [-0.2, -0.15) is 0 Å². The van der Waals surface area contributed by atoms with Crippen LogP contribution in [0.3, 0.4) is 0 Å². The van der Waals surface area contributed by atoms with Gasteiger partial charge in [0.15, 0.2) is 11.6 Å². The number of benzene rings is 1. The minimum Gasteiger partial charge on any atom is -0.508 e. The molecule has 5 rings (SSSR count). The van der Waals surface area contributed by atoms with E-state index in [0.717, 1.165) is 5.57 Å². The van der Waals surface area contributed by atoms with Crippen molar-refractivity contribution in [3.63, 3.8) is 0 Å². The number of nitrogens with one attached hydrogen (secondary N) is 1. The predicted molar refractivity (Wildman–Crippen MR) is 111 cm³/mol. The van der Waals surface area contributed by atoms with Gasteiger partial charge in [0.05, 0.1) is 16.3 Å². The number of hydrogen-bond donors (Lipinski definition) is 2. The van der Waals surface area contributed by atoms with Crippen molar-refractivity contribution < 1.29 is 24.3 Å². The maximum atomic E-state index is 13.0. The molecule has 0 spiro atoms. The molecule has 3 aliphatic carbocycles. The Balaban J connectivity index is 1.74. The lowest BCUT2D eigenvalue weighted by Crippen LogP contribution is -2.39. The first-order valence-corrected chi connectivity index (χ1v) is 10.7. The first-order chi connectivity index (χ1) is 14.3. The lowest BCUT2D eigenvalue weighted by Gasteiger charge is -2.42. The van der Waals surface area contributed by atoms with Gasteiger partial charge in [-0.25, -0.2) is 0 Å². The zero-order valence-electron chi connectivity index (χ0n) is 15.4. The summed E-state index contributed by atoms with van der Waals surface area (Å²) < 4.78 is 0.175. The van der Waals surface area contributed by atoms with Crippen molar-refractivity contribution in [2.45, 2.75) is 18.8 Å². The first kappa shape index (κ1) is 19.5. The fourth-order valence-corrected chi connectivity index (χ4v) is 5.95.